The van der Waals surface area contributed by atoms with Crippen LogP contribution in [0.4, 0.5) is 0 Å². The number of Topliss-reactive ketones (excluding diaryl/α,β-unsaturated/α-hetero) is 1. The highest BCUT2D eigenvalue weighted by Crippen LogP contribution is 2.30. The fourth-order valence-corrected chi connectivity index (χ4v) is 6.03. The van der Waals surface area contributed by atoms with E-state index in [-0.39, 0.29) is 41.3 Å². The number of ether oxygens (including phenoxy) is 1. The Labute approximate surface area is 250 Å². The molecule has 1 aromatic heterocycles. The molecular weight excluding hydrogens is 552 g/mol. The molecule has 1 radical (unpaired) electrons. The molecule has 1 aliphatic heterocycles. The van der Waals surface area contributed by atoms with Crippen LogP contribution in [0.3, 0.4) is 0 Å². The van der Waals surface area contributed by atoms with Gasteiger partial charge in [-0.1, -0.05) is 60.7 Å². The summed E-state index contributed by atoms with van der Waals surface area (Å²) in [7, 11) is 0. The zero-order valence-corrected chi connectivity index (χ0v) is 24.6. The molecule has 1 fully saturated rings. The number of aromatic nitrogens is 1. The van der Waals surface area contributed by atoms with Crippen LogP contribution in [0.5, 0.6) is 0 Å². The first-order valence-corrected chi connectivity index (χ1v) is 15.2. The van der Waals surface area contributed by atoms with Crippen LogP contribution >= 0.6 is 11.3 Å². The molecule has 9 nitrogen and oxygen atoms in total. The number of benzene rings is 2. The monoisotopic (exact) mass is 589 g/mol. The lowest BCUT2D eigenvalue weighted by Crippen LogP contribution is -2.51. The third-order valence-corrected chi connectivity index (χ3v) is 8.23. The summed E-state index contributed by atoms with van der Waals surface area (Å²) in [5, 5.41) is 2.90. The molecule has 1 saturated heterocycles. The number of amides is 2. The summed E-state index contributed by atoms with van der Waals surface area (Å²) in [5.74, 6) is -1.78. The Morgan fingerprint density at radius 2 is 1.74 bits per heavy atom. The van der Waals surface area contributed by atoms with E-state index in [0.29, 0.717) is 45.2 Å². The van der Waals surface area contributed by atoms with Crippen molar-refractivity contribution in [3.05, 3.63) is 87.9 Å². The van der Waals surface area contributed by atoms with Gasteiger partial charge in [-0.3, -0.25) is 14.4 Å². The number of esters is 1. The van der Waals surface area contributed by atoms with Gasteiger partial charge in [0.1, 0.15) is 10.9 Å². The summed E-state index contributed by atoms with van der Waals surface area (Å²) in [6.45, 7) is 2.73. The van der Waals surface area contributed by atoms with Crippen molar-refractivity contribution in [1.29, 1.82) is 0 Å². The summed E-state index contributed by atoms with van der Waals surface area (Å²) in [6, 6.07) is 18.2. The Hall–Kier alpha value is -3.89. The predicted molar refractivity (Wildman–Crippen MR) is 160 cm³/mol. The maximum absolute atomic E-state index is 13.7. The minimum atomic E-state index is -0.898. The molecule has 1 aliphatic rings. The predicted octanol–water partition coefficient (Wildman–Crippen LogP) is 4.13. The largest absolute Gasteiger partial charge is 0.461 e. The van der Waals surface area contributed by atoms with E-state index in [9.17, 15) is 19.2 Å². The quantitative estimate of drug-likeness (QED) is 0.164. The highest BCUT2D eigenvalue weighted by Gasteiger charge is 2.37. The Balaban J connectivity index is 1.50. The molecule has 2 atom stereocenters. The second-order valence-corrected chi connectivity index (χ2v) is 11.0. The van der Waals surface area contributed by atoms with E-state index in [4.69, 9.17) is 10.5 Å². The van der Waals surface area contributed by atoms with Gasteiger partial charge in [0.25, 0.3) is 0 Å². The van der Waals surface area contributed by atoms with Crippen LogP contribution in [0.25, 0.3) is 0 Å². The van der Waals surface area contributed by atoms with Gasteiger partial charge in [-0.25, -0.2) is 9.78 Å². The number of thiazole rings is 1. The fourth-order valence-electron chi connectivity index (χ4n) is 5.33. The summed E-state index contributed by atoms with van der Waals surface area (Å²) in [6.07, 6.45) is 3.03. The molecule has 0 aliphatic carbocycles. The molecule has 0 bridgehead atoms. The number of ketones is 1. The molecular formula is C32H37N4O5S. The molecule has 3 N–H and O–H groups in total. The highest BCUT2D eigenvalue weighted by atomic mass is 32.1. The molecule has 10 heteroatoms. The molecule has 221 valence electrons. The van der Waals surface area contributed by atoms with Crippen molar-refractivity contribution >= 4 is 34.9 Å². The van der Waals surface area contributed by atoms with Gasteiger partial charge < -0.3 is 20.7 Å². The normalized spacial score (nSPS) is 15.4. The second kappa shape index (κ2) is 15.4. The number of carbonyl (C=O) groups is 4. The highest BCUT2D eigenvalue weighted by molar-refractivity contribution is 7.11. The van der Waals surface area contributed by atoms with Gasteiger partial charge in [0.05, 0.1) is 12.6 Å². The first kappa shape index (κ1) is 31.1. The topological polar surface area (TPSA) is 132 Å². The molecule has 2 amide bonds. The van der Waals surface area contributed by atoms with Gasteiger partial charge in [0.2, 0.25) is 11.8 Å². The van der Waals surface area contributed by atoms with E-state index in [1.165, 1.54) is 0 Å². The fraction of sp³-hybridized carbons (Fsp3) is 0.406. The van der Waals surface area contributed by atoms with Crippen LogP contribution in [0, 0.1) is 5.51 Å². The third kappa shape index (κ3) is 7.68. The summed E-state index contributed by atoms with van der Waals surface area (Å²) in [5.41, 5.74) is 10.2. The number of nitrogens with one attached hydrogen (secondary N) is 1. The summed E-state index contributed by atoms with van der Waals surface area (Å²) >= 11 is 0.920. The van der Waals surface area contributed by atoms with E-state index in [2.05, 4.69) is 15.8 Å². The second-order valence-electron chi connectivity index (χ2n) is 10.2. The number of nitrogens with two attached hydrogens (primary N) is 1. The van der Waals surface area contributed by atoms with Crippen LogP contribution in [0.1, 0.15) is 82.7 Å². The van der Waals surface area contributed by atoms with Crippen molar-refractivity contribution < 1.29 is 23.9 Å². The maximum Gasteiger partial charge on any atom is 0.358 e. The molecule has 4 rings (SSSR count). The van der Waals surface area contributed by atoms with Gasteiger partial charge >= 0.3 is 5.97 Å². The average molecular weight is 590 g/mol. The van der Waals surface area contributed by atoms with Gasteiger partial charge in [-0.05, 0) is 56.7 Å². The van der Waals surface area contributed by atoms with Crippen molar-refractivity contribution in [2.75, 3.05) is 19.7 Å². The minimum absolute atomic E-state index is 0.0967. The van der Waals surface area contributed by atoms with Crippen molar-refractivity contribution in [2.45, 2.75) is 63.5 Å². The van der Waals surface area contributed by atoms with E-state index in [1.807, 2.05) is 60.7 Å². The molecule has 0 saturated carbocycles. The first-order valence-electron chi connectivity index (χ1n) is 14.4. The van der Waals surface area contributed by atoms with Crippen LogP contribution in [0.2, 0.25) is 0 Å². The zero-order chi connectivity index (χ0) is 29.9. The molecule has 3 aromatic rings. The van der Waals surface area contributed by atoms with Gasteiger partial charge in [0, 0.05) is 18.9 Å². The smallest absolute Gasteiger partial charge is 0.358 e. The number of hydrogen-bond donors (Lipinski definition) is 2. The van der Waals surface area contributed by atoms with E-state index < -0.39 is 23.8 Å². The van der Waals surface area contributed by atoms with Crippen molar-refractivity contribution in [2.24, 2.45) is 5.73 Å². The van der Waals surface area contributed by atoms with E-state index >= 15 is 0 Å². The average Bonchev–Trinajstić information content (AvgIpc) is 3.71. The van der Waals surface area contributed by atoms with E-state index in [0.717, 1.165) is 22.5 Å². The van der Waals surface area contributed by atoms with Crippen LogP contribution in [0.15, 0.2) is 60.7 Å². The van der Waals surface area contributed by atoms with Crippen molar-refractivity contribution in [3.63, 3.8) is 0 Å². The van der Waals surface area contributed by atoms with Gasteiger partial charge in [-0.15, -0.1) is 11.3 Å². The lowest BCUT2D eigenvalue weighted by molar-refractivity contribution is -0.138. The van der Waals surface area contributed by atoms with Crippen molar-refractivity contribution in [3.8, 4) is 0 Å². The number of nitrogens with zero attached hydrogens (tertiary/aromatic N) is 2. The molecule has 42 heavy (non-hydrogen) atoms. The lowest BCUT2D eigenvalue weighted by Gasteiger charge is -2.28. The SMILES string of the molecule is CCOC(=O)c1n[c]sc1C(=O)[C@H](CCCCN)NC(=O)[C@@H]1CCCN1C(=O)CC(c1ccccc1)c1ccccc1. The number of hydrogen-bond acceptors (Lipinski definition) is 8. The number of carbonyl (C=O) groups excluding carboxylic acids is 4. The third-order valence-electron chi connectivity index (χ3n) is 7.45. The molecule has 2 heterocycles. The van der Waals surface area contributed by atoms with Crippen molar-refractivity contribution in [1.82, 2.24) is 15.2 Å². The van der Waals surface area contributed by atoms with Gasteiger partial charge in [-0.2, -0.15) is 0 Å². The first-order chi connectivity index (χ1) is 20.4. The lowest BCUT2D eigenvalue weighted by atomic mass is 9.88. The van der Waals surface area contributed by atoms with Crippen LogP contribution < -0.4 is 11.1 Å². The Morgan fingerprint density at radius 1 is 1.07 bits per heavy atom. The number of unbranched alkanes of at least 4 members (excludes halogenated alkanes) is 1. The molecule has 0 unspecified atom stereocenters. The molecule has 2 aromatic carbocycles. The van der Waals surface area contributed by atoms with Gasteiger partial charge in [0.15, 0.2) is 17.0 Å². The van der Waals surface area contributed by atoms with Crippen LogP contribution in [-0.4, -0.2) is 65.2 Å². The summed E-state index contributed by atoms with van der Waals surface area (Å²) in [4.78, 5) is 58.9. The maximum atomic E-state index is 13.7. The Morgan fingerprint density at radius 3 is 2.36 bits per heavy atom. The zero-order valence-electron chi connectivity index (χ0n) is 23.8. The summed E-state index contributed by atoms with van der Waals surface area (Å²) < 4.78 is 5.04. The number of rotatable bonds is 14. The molecule has 0 spiro atoms. The van der Waals surface area contributed by atoms with Crippen LogP contribution in [-0.2, 0) is 14.3 Å². The van der Waals surface area contributed by atoms with E-state index in [1.54, 1.807) is 11.8 Å². The Kier molecular flexibility index (Phi) is 11.4. The minimum Gasteiger partial charge on any atom is -0.461 e. The number of likely N-dealkylation sites (tertiary alicyclic amines) is 1. The Bertz CT molecular complexity index is 1310. The standard InChI is InChI=1S/C32H37N4O5S/c1-2-41-32(40)28-30(42-21-34-28)29(38)25(16-9-10-18-33)35-31(39)26-17-11-19-36(26)27(37)20-24(22-12-5-3-6-13-22)23-14-7-4-8-15-23/h3-8,12-15,24-26H,2,9-11,16-20,33H2,1H3,(H,35,39)/t25-,26-/m0/s1.